The van der Waals surface area contributed by atoms with Crippen LogP contribution >= 0.6 is 0 Å². The summed E-state index contributed by atoms with van der Waals surface area (Å²) < 4.78 is 4.95. The van der Waals surface area contributed by atoms with Crippen LogP contribution in [0.2, 0.25) is 0 Å². The minimum absolute atomic E-state index is 0.00435. The number of fused-ring (bicyclic) bond motifs is 1. The third kappa shape index (κ3) is 3.91. The van der Waals surface area contributed by atoms with E-state index in [2.05, 4.69) is 6.07 Å². The van der Waals surface area contributed by atoms with Crippen molar-refractivity contribution in [3.05, 3.63) is 63.7 Å². The number of nitrogens with zero attached hydrogens (tertiary/aromatic N) is 1. The molecule has 1 aliphatic carbocycles. The van der Waals surface area contributed by atoms with Gasteiger partial charge in [0.25, 0.3) is 5.69 Å². The minimum atomic E-state index is -1.06. The fraction of sp³-hybridized carbons (Fsp3) is 0.350. The Balaban J connectivity index is 1.78. The zero-order chi connectivity index (χ0) is 18.7. The molecule has 2 aromatic rings. The summed E-state index contributed by atoms with van der Waals surface area (Å²) in [5.41, 5.74) is 3.05. The molecule has 26 heavy (non-hydrogen) atoms. The van der Waals surface area contributed by atoms with Gasteiger partial charge in [-0.05, 0) is 54.2 Å². The number of benzene rings is 2. The molecule has 6 nitrogen and oxygen atoms in total. The van der Waals surface area contributed by atoms with Crippen LogP contribution in [0, 0.1) is 10.1 Å². The second-order valence-corrected chi connectivity index (χ2v) is 6.67. The summed E-state index contributed by atoms with van der Waals surface area (Å²) in [5.74, 6) is -0.374. The molecule has 1 unspecified atom stereocenters. The standard InChI is InChI=1S/C20H21NO5/c1-2-26-19(22)13-20(23)10-9-16-11-15(3-4-17(16)12-20)14-5-7-18(8-6-14)21(24)25/h3-8,11,23H,2,9-10,12-13H2,1H3. The average Bonchev–Trinajstić information content (AvgIpc) is 2.61. The Morgan fingerprint density at radius 1 is 1.19 bits per heavy atom. The summed E-state index contributed by atoms with van der Waals surface area (Å²) in [6.07, 6.45) is 1.60. The Bertz CT molecular complexity index is 831. The lowest BCUT2D eigenvalue weighted by molar-refractivity contribution is -0.384. The summed E-state index contributed by atoms with van der Waals surface area (Å²) in [6.45, 7) is 2.06. The van der Waals surface area contributed by atoms with E-state index in [-0.39, 0.29) is 18.1 Å². The molecule has 0 saturated heterocycles. The van der Waals surface area contributed by atoms with E-state index < -0.39 is 10.5 Å². The number of aryl methyl sites for hydroxylation is 1. The molecule has 1 aliphatic rings. The lowest BCUT2D eigenvalue weighted by atomic mass is 9.78. The van der Waals surface area contributed by atoms with Crippen molar-refractivity contribution in [1.29, 1.82) is 0 Å². The maximum atomic E-state index is 11.7. The van der Waals surface area contributed by atoms with Crippen LogP contribution in [0.25, 0.3) is 11.1 Å². The number of ether oxygens (including phenoxy) is 1. The summed E-state index contributed by atoms with van der Waals surface area (Å²) >= 11 is 0. The maximum absolute atomic E-state index is 11.7. The van der Waals surface area contributed by atoms with Gasteiger partial charge in [0.1, 0.15) is 0 Å². The normalized spacial score (nSPS) is 18.8. The Hall–Kier alpha value is -2.73. The van der Waals surface area contributed by atoms with Crippen LogP contribution in [0.15, 0.2) is 42.5 Å². The summed E-state index contributed by atoms with van der Waals surface area (Å²) in [4.78, 5) is 22.1. The number of nitro groups is 1. The molecular formula is C20H21NO5. The number of rotatable bonds is 5. The van der Waals surface area contributed by atoms with Crippen LogP contribution in [0.4, 0.5) is 5.69 Å². The molecule has 0 amide bonds. The molecule has 1 atom stereocenters. The van der Waals surface area contributed by atoms with Crippen molar-refractivity contribution in [2.45, 2.75) is 38.2 Å². The molecule has 0 radical (unpaired) electrons. The number of aliphatic hydroxyl groups is 1. The second kappa shape index (κ2) is 7.25. The third-order valence-electron chi connectivity index (χ3n) is 4.78. The number of nitro benzene ring substituents is 1. The number of non-ortho nitro benzene ring substituents is 1. The maximum Gasteiger partial charge on any atom is 0.308 e. The third-order valence-corrected chi connectivity index (χ3v) is 4.78. The number of hydrogen-bond donors (Lipinski definition) is 1. The smallest absolute Gasteiger partial charge is 0.308 e. The van der Waals surface area contributed by atoms with Crippen LogP contribution in [-0.4, -0.2) is 28.2 Å². The molecule has 0 aliphatic heterocycles. The first kappa shape index (κ1) is 18.1. The van der Waals surface area contributed by atoms with E-state index in [1.165, 1.54) is 12.1 Å². The van der Waals surface area contributed by atoms with Gasteiger partial charge in [-0.25, -0.2) is 0 Å². The van der Waals surface area contributed by atoms with Gasteiger partial charge in [-0.15, -0.1) is 0 Å². The van der Waals surface area contributed by atoms with Gasteiger partial charge in [-0.2, -0.15) is 0 Å². The van der Waals surface area contributed by atoms with Crippen molar-refractivity contribution in [3.8, 4) is 11.1 Å². The number of carbonyl (C=O) groups is 1. The largest absolute Gasteiger partial charge is 0.466 e. The van der Waals surface area contributed by atoms with Crippen LogP contribution in [-0.2, 0) is 22.4 Å². The number of esters is 1. The molecule has 0 spiro atoms. The monoisotopic (exact) mass is 355 g/mol. The highest BCUT2D eigenvalue weighted by molar-refractivity contribution is 5.71. The predicted molar refractivity (Wildman–Crippen MR) is 96.8 cm³/mol. The zero-order valence-electron chi connectivity index (χ0n) is 14.6. The zero-order valence-corrected chi connectivity index (χ0v) is 14.6. The molecule has 0 saturated carbocycles. The van der Waals surface area contributed by atoms with Crippen molar-refractivity contribution < 1.29 is 19.6 Å². The molecule has 136 valence electrons. The van der Waals surface area contributed by atoms with E-state index in [1.807, 2.05) is 12.1 Å². The van der Waals surface area contributed by atoms with E-state index in [9.17, 15) is 20.0 Å². The Morgan fingerprint density at radius 3 is 2.54 bits per heavy atom. The van der Waals surface area contributed by atoms with Crippen molar-refractivity contribution in [2.24, 2.45) is 0 Å². The summed E-state index contributed by atoms with van der Waals surface area (Å²) in [6, 6.07) is 12.4. The first-order valence-electron chi connectivity index (χ1n) is 8.65. The van der Waals surface area contributed by atoms with Crippen LogP contribution in [0.3, 0.4) is 0 Å². The number of hydrogen-bond acceptors (Lipinski definition) is 5. The first-order valence-corrected chi connectivity index (χ1v) is 8.65. The minimum Gasteiger partial charge on any atom is -0.466 e. The lowest BCUT2D eigenvalue weighted by Crippen LogP contribution is -2.38. The van der Waals surface area contributed by atoms with Crippen LogP contribution in [0.5, 0.6) is 0 Å². The van der Waals surface area contributed by atoms with Gasteiger partial charge >= 0.3 is 5.97 Å². The fourth-order valence-electron chi connectivity index (χ4n) is 3.43. The molecule has 3 rings (SSSR count). The molecule has 6 heteroatoms. The molecule has 0 bridgehead atoms. The van der Waals surface area contributed by atoms with Crippen molar-refractivity contribution >= 4 is 11.7 Å². The summed E-state index contributed by atoms with van der Waals surface area (Å²) in [5, 5.41) is 21.5. The van der Waals surface area contributed by atoms with Crippen LogP contribution in [0.1, 0.15) is 30.9 Å². The molecule has 2 aromatic carbocycles. The SMILES string of the molecule is CCOC(=O)CC1(O)CCc2cc(-c3ccc([N+](=O)[O-])cc3)ccc2C1. The van der Waals surface area contributed by atoms with E-state index in [0.29, 0.717) is 25.9 Å². The van der Waals surface area contributed by atoms with E-state index >= 15 is 0 Å². The van der Waals surface area contributed by atoms with Gasteiger partial charge in [0.15, 0.2) is 0 Å². The highest BCUT2D eigenvalue weighted by atomic mass is 16.6. The summed E-state index contributed by atoms with van der Waals surface area (Å²) in [7, 11) is 0. The topological polar surface area (TPSA) is 89.7 Å². The van der Waals surface area contributed by atoms with Crippen molar-refractivity contribution in [3.63, 3.8) is 0 Å². The fourth-order valence-corrected chi connectivity index (χ4v) is 3.43. The second-order valence-electron chi connectivity index (χ2n) is 6.67. The highest BCUT2D eigenvalue weighted by Gasteiger charge is 2.35. The number of carbonyl (C=O) groups excluding carboxylic acids is 1. The predicted octanol–water partition coefficient (Wildman–Crippen LogP) is 3.43. The molecule has 0 fully saturated rings. The van der Waals surface area contributed by atoms with Gasteiger partial charge in [0, 0.05) is 18.6 Å². The van der Waals surface area contributed by atoms with Gasteiger partial charge in [0.05, 0.1) is 23.6 Å². The van der Waals surface area contributed by atoms with Crippen molar-refractivity contribution in [2.75, 3.05) is 6.61 Å². The Morgan fingerprint density at radius 2 is 1.88 bits per heavy atom. The van der Waals surface area contributed by atoms with E-state index in [4.69, 9.17) is 4.74 Å². The lowest BCUT2D eigenvalue weighted by Gasteiger charge is -2.33. The Labute approximate surface area is 151 Å². The molecular weight excluding hydrogens is 334 g/mol. The van der Waals surface area contributed by atoms with Gasteiger partial charge in [-0.1, -0.05) is 18.2 Å². The van der Waals surface area contributed by atoms with Crippen molar-refractivity contribution in [1.82, 2.24) is 0 Å². The Kier molecular flexibility index (Phi) is 5.04. The quantitative estimate of drug-likeness (QED) is 0.504. The van der Waals surface area contributed by atoms with Crippen LogP contribution < -0.4 is 0 Å². The first-order chi connectivity index (χ1) is 12.4. The van der Waals surface area contributed by atoms with Gasteiger partial charge in [0.2, 0.25) is 0 Å². The van der Waals surface area contributed by atoms with E-state index in [0.717, 1.165) is 22.3 Å². The molecule has 0 heterocycles. The molecule has 0 aromatic heterocycles. The molecule has 1 N–H and O–H groups in total. The van der Waals surface area contributed by atoms with Gasteiger partial charge < -0.3 is 9.84 Å². The van der Waals surface area contributed by atoms with Gasteiger partial charge in [-0.3, -0.25) is 14.9 Å². The highest BCUT2D eigenvalue weighted by Crippen LogP contribution is 2.34. The van der Waals surface area contributed by atoms with E-state index in [1.54, 1.807) is 19.1 Å². The average molecular weight is 355 g/mol.